The number of ketones is 1. The van der Waals surface area contributed by atoms with Gasteiger partial charge in [0.05, 0.1) is 20.0 Å². The quantitative estimate of drug-likeness (QED) is 0.785. The van der Waals surface area contributed by atoms with Gasteiger partial charge in [-0.25, -0.2) is 13.1 Å². The summed E-state index contributed by atoms with van der Waals surface area (Å²) in [6.07, 6.45) is 2.11. The van der Waals surface area contributed by atoms with E-state index in [0.717, 1.165) is 12.0 Å². The van der Waals surface area contributed by atoms with Crippen LogP contribution < -0.4 is 14.2 Å². The highest BCUT2D eigenvalue weighted by Crippen LogP contribution is 2.64. The summed E-state index contributed by atoms with van der Waals surface area (Å²) in [6.45, 7) is 4.23. The summed E-state index contributed by atoms with van der Waals surface area (Å²) in [4.78, 5) is 12.6. The second kappa shape index (κ2) is 6.53. The Morgan fingerprint density at radius 2 is 1.88 bits per heavy atom. The van der Waals surface area contributed by atoms with Crippen LogP contribution in [0, 0.1) is 16.7 Å². The van der Waals surface area contributed by atoms with Gasteiger partial charge < -0.3 is 9.47 Å². The molecular formula is C19H27NO5S. The fourth-order valence-electron chi connectivity index (χ4n) is 4.67. The van der Waals surface area contributed by atoms with Gasteiger partial charge in [-0.15, -0.1) is 0 Å². The van der Waals surface area contributed by atoms with Gasteiger partial charge in [-0.3, -0.25) is 4.79 Å². The molecule has 2 fully saturated rings. The first kappa shape index (κ1) is 19.2. The van der Waals surface area contributed by atoms with E-state index in [0.29, 0.717) is 30.3 Å². The Kier molecular flexibility index (Phi) is 4.82. The molecule has 26 heavy (non-hydrogen) atoms. The third-order valence-electron chi connectivity index (χ3n) is 6.52. The minimum Gasteiger partial charge on any atom is -0.493 e. The molecule has 2 bridgehead atoms. The van der Waals surface area contributed by atoms with Gasteiger partial charge in [0.15, 0.2) is 11.5 Å². The van der Waals surface area contributed by atoms with Gasteiger partial charge in [0.25, 0.3) is 0 Å². The van der Waals surface area contributed by atoms with Crippen LogP contribution in [0.25, 0.3) is 0 Å². The summed E-state index contributed by atoms with van der Waals surface area (Å²) in [5.74, 6) is 1.42. The van der Waals surface area contributed by atoms with Crippen molar-refractivity contribution in [1.29, 1.82) is 0 Å². The molecule has 3 rings (SSSR count). The van der Waals surface area contributed by atoms with E-state index in [2.05, 4.69) is 4.72 Å². The Morgan fingerprint density at radius 3 is 2.42 bits per heavy atom. The predicted octanol–water partition coefficient (Wildman–Crippen LogP) is 2.52. The second-order valence-electron chi connectivity index (χ2n) is 7.94. The standard InChI is InChI=1S/C19H27NO5S/c1-18(2)14-7-8-19(18,17(21)10-14)12-26(22,23)20-11-13-5-6-15(24-3)16(9-13)25-4/h5-6,9,14,20H,7-8,10-12H2,1-4H3. The van der Waals surface area contributed by atoms with Crippen LogP contribution in [0.2, 0.25) is 0 Å². The summed E-state index contributed by atoms with van der Waals surface area (Å²) < 4.78 is 38.6. The third kappa shape index (κ3) is 3.01. The number of sulfonamides is 1. The summed E-state index contributed by atoms with van der Waals surface area (Å²) >= 11 is 0. The molecule has 0 spiro atoms. The molecule has 2 aliphatic rings. The smallest absolute Gasteiger partial charge is 0.212 e. The van der Waals surface area contributed by atoms with E-state index >= 15 is 0 Å². The minimum atomic E-state index is -3.59. The number of rotatable bonds is 7. The molecule has 144 valence electrons. The minimum absolute atomic E-state index is 0.107. The molecule has 6 nitrogen and oxygen atoms in total. The van der Waals surface area contributed by atoms with Gasteiger partial charge in [-0.2, -0.15) is 0 Å². The van der Waals surface area contributed by atoms with Gasteiger partial charge in [-0.1, -0.05) is 19.9 Å². The molecule has 1 N–H and O–H groups in total. The maximum absolute atomic E-state index is 12.7. The summed E-state index contributed by atoms with van der Waals surface area (Å²) in [5, 5.41) is 0. The van der Waals surface area contributed by atoms with Crippen molar-refractivity contribution < 1.29 is 22.7 Å². The largest absolute Gasteiger partial charge is 0.493 e. The van der Waals surface area contributed by atoms with Crippen LogP contribution in [0.5, 0.6) is 11.5 Å². The van der Waals surface area contributed by atoms with Crippen molar-refractivity contribution in [2.24, 2.45) is 16.7 Å². The summed E-state index contributed by atoms with van der Waals surface area (Å²) in [6, 6.07) is 5.28. The Labute approximate surface area is 155 Å². The lowest BCUT2D eigenvalue weighted by atomic mass is 9.70. The molecule has 2 aliphatic carbocycles. The average Bonchev–Trinajstić information content (AvgIpc) is 2.93. The Balaban J connectivity index is 1.73. The van der Waals surface area contributed by atoms with Gasteiger partial charge in [0, 0.05) is 18.4 Å². The molecule has 1 aromatic rings. The van der Waals surface area contributed by atoms with Crippen molar-refractivity contribution >= 4 is 15.8 Å². The zero-order valence-corrected chi connectivity index (χ0v) is 16.6. The molecule has 0 aromatic heterocycles. The first-order valence-electron chi connectivity index (χ1n) is 8.87. The highest BCUT2D eigenvalue weighted by atomic mass is 32.2. The molecule has 2 saturated carbocycles. The fourth-order valence-corrected chi connectivity index (χ4v) is 6.48. The number of hydrogen-bond acceptors (Lipinski definition) is 5. The highest BCUT2D eigenvalue weighted by molar-refractivity contribution is 7.89. The van der Waals surface area contributed by atoms with Crippen molar-refractivity contribution in [1.82, 2.24) is 4.72 Å². The molecule has 0 aliphatic heterocycles. The molecule has 0 amide bonds. The Bertz CT molecular complexity index is 817. The van der Waals surface area contributed by atoms with Gasteiger partial charge in [0.2, 0.25) is 10.0 Å². The average molecular weight is 381 g/mol. The number of carbonyl (C=O) groups is 1. The topological polar surface area (TPSA) is 81.7 Å². The van der Waals surface area contributed by atoms with E-state index in [1.54, 1.807) is 25.3 Å². The number of nitrogens with one attached hydrogen (secondary N) is 1. The van der Waals surface area contributed by atoms with Crippen molar-refractivity contribution in [2.75, 3.05) is 20.0 Å². The van der Waals surface area contributed by atoms with E-state index in [9.17, 15) is 13.2 Å². The molecular weight excluding hydrogens is 354 g/mol. The molecule has 0 heterocycles. The van der Waals surface area contributed by atoms with Crippen LogP contribution in [-0.4, -0.2) is 34.2 Å². The van der Waals surface area contributed by atoms with Crippen LogP contribution in [0.3, 0.4) is 0 Å². The number of ether oxygens (including phenoxy) is 2. The van der Waals surface area contributed by atoms with Gasteiger partial charge in [0.1, 0.15) is 5.78 Å². The molecule has 7 heteroatoms. The van der Waals surface area contributed by atoms with Crippen molar-refractivity contribution in [3.63, 3.8) is 0 Å². The number of fused-ring (bicyclic) bond motifs is 2. The molecule has 1 aromatic carbocycles. The number of benzene rings is 1. The number of carbonyl (C=O) groups excluding carboxylic acids is 1. The fraction of sp³-hybridized carbons (Fsp3) is 0.632. The van der Waals surface area contributed by atoms with E-state index in [1.165, 1.54) is 7.11 Å². The first-order valence-corrected chi connectivity index (χ1v) is 10.5. The van der Waals surface area contributed by atoms with Crippen LogP contribution in [-0.2, 0) is 21.4 Å². The van der Waals surface area contributed by atoms with Crippen LogP contribution in [0.4, 0.5) is 0 Å². The second-order valence-corrected chi connectivity index (χ2v) is 9.74. The van der Waals surface area contributed by atoms with E-state index in [4.69, 9.17) is 9.47 Å². The lowest BCUT2D eigenvalue weighted by Gasteiger charge is -2.36. The van der Waals surface area contributed by atoms with Gasteiger partial charge in [-0.05, 0) is 41.9 Å². The predicted molar refractivity (Wildman–Crippen MR) is 98.7 cm³/mol. The third-order valence-corrected chi connectivity index (χ3v) is 7.98. The van der Waals surface area contributed by atoms with E-state index in [1.807, 2.05) is 13.8 Å². The zero-order chi connectivity index (χ0) is 19.2. The Hall–Kier alpha value is -1.60. The van der Waals surface area contributed by atoms with Gasteiger partial charge >= 0.3 is 0 Å². The number of Topliss-reactive ketones (excluding diaryl/α,β-unsaturated/α-hetero) is 1. The highest BCUT2D eigenvalue weighted by Gasteiger charge is 2.65. The molecule has 2 unspecified atom stereocenters. The van der Waals surface area contributed by atoms with E-state index < -0.39 is 15.4 Å². The number of hydrogen-bond donors (Lipinski definition) is 1. The zero-order valence-electron chi connectivity index (χ0n) is 15.8. The van der Waals surface area contributed by atoms with Crippen LogP contribution in [0.15, 0.2) is 18.2 Å². The lowest BCUT2D eigenvalue weighted by Crippen LogP contribution is -2.45. The van der Waals surface area contributed by atoms with Crippen molar-refractivity contribution in [2.45, 2.75) is 39.7 Å². The van der Waals surface area contributed by atoms with Crippen LogP contribution in [0.1, 0.15) is 38.7 Å². The monoisotopic (exact) mass is 381 g/mol. The summed E-state index contributed by atoms with van der Waals surface area (Å²) in [7, 11) is -0.502. The summed E-state index contributed by atoms with van der Waals surface area (Å²) in [5.41, 5.74) is -0.242. The normalized spacial score (nSPS) is 26.9. The maximum Gasteiger partial charge on any atom is 0.212 e. The van der Waals surface area contributed by atoms with Crippen LogP contribution >= 0.6 is 0 Å². The molecule has 0 saturated heterocycles. The molecule has 0 radical (unpaired) electrons. The Morgan fingerprint density at radius 1 is 1.19 bits per heavy atom. The van der Waals surface area contributed by atoms with E-state index in [-0.39, 0.29) is 23.5 Å². The lowest BCUT2D eigenvalue weighted by molar-refractivity contribution is -0.128. The molecule has 2 atom stereocenters. The number of methoxy groups -OCH3 is 2. The first-order chi connectivity index (χ1) is 12.1. The van der Waals surface area contributed by atoms with Crippen molar-refractivity contribution in [3.05, 3.63) is 23.8 Å². The van der Waals surface area contributed by atoms with Crippen molar-refractivity contribution in [3.8, 4) is 11.5 Å². The SMILES string of the molecule is COc1ccc(CNS(=O)(=O)CC23CCC(CC2=O)C3(C)C)cc1OC. The maximum atomic E-state index is 12.7.